The van der Waals surface area contributed by atoms with E-state index in [2.05, 4.69) is 0 Å². The van der Waals surface area contributed by atoms with Crippen molar-refractivity contribution in [3.05, 3.63) is 0 Å². The second kappa shape index (κ2) is 19.7. The van der Waals surface area contributed by atoms with Crippen molar-refractivity contribution >= 4 is 24.1 Å². The molecule has 14 heteroatoms. The van der Waals surface area contributed by atoms with Crippen LogP contribution < -0.4 is 139 Å². The van der Waals surface area contributed by atoms with Crippen LogP contribution in [0.25, 0.3) is 0 Å². The number of hydrogen-bond acceptors (Lipinski definition) is 9. The first-order valence-electron chi connectivity index (χ1n) is 3.74. The van der Waals surface area contributed by atoms with Crippen LogP contribution >= 0.6 is 0 Å². The van der Waals surface area contributed by atoms with E-state index in [4.69, 9.17) is 20.1 Å². The summed E-state index contributed by atoms with van der Waals surface area (Å²) in [7, 11) is 0. The van der Waals surface area contributed by atoms with Crippen molar-refractivity contribution in [2.75, 3.05) is 0 Å². The van der Waals surface area contributed by atoms with Crippen LogP contribution in [0.2, 0.25) is 0 Å². The maximum absolute atomic E-state index is 10.1. The van der Waals surface area contributed by atoms with E-state index in [-0.39, 0.29) is 118 Å². The Kier molecular flexibility index (Phi) is 35.9. The molecule has 0 atom stereocenters. The van der Waals surface area contributed by atoms with Crippen LogP contribution in [0.5, 0.6) is 0 Å². The topological polar surface area (TPSA) is 201 Å². The molecule has 0 heterocycles. The Morgan fingerprint density at radius 3 is 1.05 bits per heavy atom. The number of rotatable bonds is 5. The van der Waals surface area contributed by atoms with Gasteiger partial charge in [-0.2, -0.15) is 0 Å². The van der Waals surface area contributed by atoms with Crippen molar-refractivity contribution in [2.24, 2.45) is 0 Å². The molecule has 0 amide bonds. The number of carbonyl (C=O) groups excluding carboxylic acids is 3. The van der Waals surface area contributed by atoms with Crippen molar-refractivity contribution in [1.29, 1.82) is 0 Å². The van der Waals surface area contributed by atoms with E-state index in [9.17, 15) is 29.7 Å². The van der Waals surface area contributed by atoms with Gasteiger partial charge in [-0.15, -0.1) is 0 Å². The largest absolute Gasteiger partial charge is 1.00 e. The van der Waals surface area contributed by atoms with Gasteiger partial charge in [-0.1, -0.05) is 0 Å². The van der Waals surface area contributed by atoms with Crippen molar-refractivity contribution in [1.82, 2.24) is 0 Å². The monoisotopic (exact) mass is 342 g/mol. The third kappa shape index (κ3) is 26.8. The van der Waals surface area contributed by atoms with Crippen molar-refractivity contribution in [3.63, 3.8) is 0 Å². The van der Waals surface area contributed by atoms with Crippen LogP contribution in [0.4, 0.5) is 4.79 Å². The van der Waals surface area contributed by atoms with Gasteiger partial charge in [0.05, 0.1) is 5.97 Å². The minimum atomic E-state index is -2.97. The van der Waals surface area contributed by atoms with E-state index in [1.165, 1.54) is 0 Å². The molecular formula is C7H6Na4O10. The van der Waals surface area contributed by atoms with Gasteiger partial charge in [0.1, 0.15) is 5.60 Å². The molecular weight excluding hydrogens is 336 g/mol. The summed E-state index contributed by atoms with van der Waals surface area (Å²) in [6.45, 7) is 0. The van der Waals surface area contributed by atoms with Gasteiger partial charge in [0, 0.05) is 24.8 Å². The van der Waals surface area contributed by atoms with Crippen molar-refractivity contribution < 1.29 is 168 Å². The average molecular weight is 342 g/mol. The van der Waals surface area contributed by atoms with Gasteiger partial charge >= 0.3 is 118 Å². The Labute approximate surface area is 207 Å². The minimum absolute atomic E-state index is 0. The standard InChI is InChI=1S/C6H8O7.CH2O3.4Na/c7-3(8)1-6(13,5(11)12)2-4(9)10;2-1(3)4;;;;/h13H,1-2H2,(H,7,8)(H,9,10)(H,11,12);(H2,2,3,4);;;;/q;;4*+1/p-4. The maximum atomic E-state index is 10.1. The molecule has 0 aliphatic heterocycles. The van der Waals surface area contributed by atoms with Crippen LogP contribution in [0, 0.1) is 0 Å². The fourth-order valence-electron chi connectivity index (χ4n) is 0.684. The summed E-state index contributed by atoms with van der Waals surface area (Å²) >= 11 is 0. The zero-order valence-corrected chi connectivity index (χ0v) is 20.1. The zero-order valence-electron chi connectivity index (χ0n) is 12.1. The molecule has 0 aromatic heterocycles. The van der Waals surface area contributed by atoms with Gasteiger partial charge in [0.2, 0.25) is 6.16 Å². The van der Waals surface area contributed by atoms with Gasteiger partial charge in [0.15, 0.2) is 0 Å². The Morgan fingerprint density at radius 2 is 0.952 bits per heavy atom. The number of carboxylic acid groups (broad SMARTS) is 5. The van der Waals surface area contributed by atoms with E-state index < -0.39 is 42.5 Å². The van der Waals surface area contributed by atoms with Gasteiger partial charge in [-0.25, -0.2) is 0 Å². The smallest absolute Gasteiger partial charge is 0.565 e. The molecule has 10 nitrogen and oxygen atoms in total. The summed E-state index contributed by atoms with van der Waals surface area (Å²) in [4.78, 5) is 38.4. The van der Waals surface area contributed by atoms with E-state index in [0.717, 1.165) is 0 Å². The fraction of sp³-hybridized carbons (Fsp3) is 0.429. The number of aliphatic hydroxyl groups is 1. The molecule has 0 aliphatic carbocycles. The normalized spacial score (nSPS) is 7.86. The molecule has 0 radical (unpaired) electrons. The van der Waals surface area contributed by atoms with Gasteiger partial charge < -0.3 is 49.8 Å². The van der Waals surface area contributed by atoms with Crippen molar-refractivity contribution in [3.8, 4) is 0 Å². The zero-order chi connectivity index (χ0) is 14.2. The summed E-state index contributed by atoms with van der Waals surface area (Å²) in [6, 6.07) is 0. The van der Waals surface area contributed by atoms with E-state index in [1.807, 2.05) is 0 Å². The predicted octanol–water partition coefficient (Wildman–Crippen LogP) is -18.3. The summed E-state index contributed by atoms with van der Waals surface area (Å²) in [5, 5.41) is 54.2. The molecule has 0 aromatic rings. The molecule has 0 aliphatic rings. The second-order valence-corrected chi connectivity index (χ2v) is 2.68. The first-order chi connectivity index (χ1) is 7.51. The third-order valence-electron chi connectivity index (χ3n) is 1.25. The molecule has 0 fully saturated rings. The van der Waals surface area contributed by atoms with Crippen LogP contribution in [0.1, 0.15) is 12.8 Å². The van der Waals surface area contributed by atoms with Crippen molar-refractivity contribution in [2.45, 2.75) is 18.4 Å². The first kappa shape index (κ1) is 38.3. The Hall–Kier alpha value is 1.64. The molecule has 98 valence electrons. The molecule has 0 bridgehead atoms. The van der Waals surface area contributed by atoms with Gasteiger partial charge in [-0.3, -0.25) is 0 Å². The quantitative estimate of drug-likeness (QED) is 0.452. The summed E-state index contributed by atoms with van der Waals surface area (Å²) in [5.74, 6) is -5.98. The van der Waals surface area contributed by atoms with Crippen LogP contribution in [0.15, 0.2) is 0 Å². The summed E-state index contributed by atoms with van der Waals surface area (Å²) in [5.41, 5.74) is -2.97. The molecule has 21 heavy (non-hydrogen) atoms. The second-order valence-electron chi connectivity index (χ2n) is 2.68. The maximum Gasteiger partial charge on any atom is 1.00 e. The SMILES string of the molecule is O=C([O-])CC(O)(CC(=O)[O-])C(=O)[O-].O=C([O-])O.[Na+].[Na+].[Na+].[Na+]. The molecule has 0 aromatic carbocycles. The summed E-state index contributed by atoms with van der Waals surface area (Å²) in [6.07, 6.45) is -4.80. The molecule has 0 rings (SSSR count). The number of carbonyl (C=O) groups is 4. The van der Waals surface area contributed by atoms with Gasteiger partial charge in [0.25, 0.3) is 0 Å². The first-order valence-corrected chi connectivity index (χ1v) is 3.74. The van der Waals surface area contributed by atoms with E-state index >= 15 is 0 Å². The Balaban J connectivity index is -0.0000000629. The van der Waals surface area contributed by atoms with Crippen LogP contribution in [-0.4, -0.2) is 39.9 Å². The van der Waals surface area contributed by atoms with E-state index in [0.29, 0.717) is 0 Å². The van der Waals surface area contributed by atoms with Gasteiger partial charge in [-0.05, 0) is 0 Å². The predicted molar refractivity (Wildman–Crippen MR) is 37.2 cm³/mol. The Bertz CT molecular complexity index is 313. The number of hydrogen-bond donors (Lipinski definition) is 2. The van der Waals surface area contributed by atoms with Crippen LogP contribution in [-0.2, 0) is 14.4 Å². The summed E-state index contributed by atoms with van der Waals surface area (Å²) < 4.78 is 0. The fourth-order valence-corrected chi connectivity index (χ4v) is 0.684. The third-order valence-corrected chi connectivity index (χ3v) is 1.25. The van der Waals surface area contributed by atoms with Crippen LogP contribution in [0.3, 0.4) is 0 Å². The average Bonchev–Trinajstić information content (AvgIpc) is 1.98. The minimum Gasteiger partial charge on any atom is -0.565 e. The molecule has 0 saturated heterocycles. The molecule has 0 spiro atoms. The van der Waals surface area contributed by atoms with E-state index in [1.54, 1.807) is 0 Å². The number of aliphatic carboxylic acids is 3. The molecule has 0 unspecified atom stereocenters. The Morgan fingerprint density at radius 1 is 0.762 bits per heavy atom. The number of carboxylic acids is 3. The molecule has 2 N–H and O–H groups in total. The molecule has 0 saturated carbocycles.